The first kappa shape index (κ1) is 22.6. The van der Waals surface area contributed by atoms with Gasteiger partial charge in [-0.2, -0.15) is 5.10 Å². The molecule has 4 aromatic rings. The Morgan fingerprint density at radius 3 is 2.69 bits per heavy atom. The van der Waals surface area contributed by atoms with Crippen molar-refractivity contribution in [1.29, 1.82) is 0 Å². The number of rotatable bonds is 6. The van der Waals surface area contributed by atoms with Crippen LogP contribution in [0.1, 0.15) is 25.3 Å². The minimum Gasteiger partial charge on any atom is -0.378 e. The van der Waals surface area contributed by atoms with E-state index in [1.54, 1.807) is 17.3 Å². The second-order valence-electron chi connectivity index (χ2n) is 9.50. The molecule has 0 aliphatic carbocycles. The van der Waals surface area contributed by atoms with Crippen molar-refractivity contribution in [2.75, 3.05) is 43.1 Å². The lowest BCUT2D eigenvalue weighted by Gasteiger charge is -2.41. The van der Waals surface area contributed by atoms with Gasteiger partial charge in [-0.25, -0.2) is 19.5 Å². The van der Waals surface area contributed by atoms with Crippen LogP contribution in [-0.4, -0.2) is 74.3 Å². The molecular formula is C26H28N8O2. The maximum Gasteiger partial charge on any atom is 0.241 e. The van der Waals surface area contributed by atoms with Crippen LogP contribution in [0, 0.1) is 0 Å². The van der Waals surface area contributed by atoms with Crippen LogP contribution in [0.4, 0.5) is 17.5 Å². The Bertz CT molecular complexity index is 1400. The summed E-state index contributed by atoms with van der Waals surface area (Å²) >= 11 is 0. The molecule has 0 spiro atoms. The van der Waals surface area contributed by atoms with E-state index in [-0.39, 0.29) is 5.91 Å². The summed E-state index contributed by atoms with van der Waals surface area (Å²) in [5, 5.41) is 7.62. The zero-order chi connectivity index (χ0) is 24.6. The van der Waals surface area contributed by atoms with Crippen molar-refractivity contribution in [3.63, 3.8) is 0 Å². The molecule has 6 rings (SSSR count). The number of fused-ring (bicyclic) bond motifs is 1. The summed E-state index contributed by atoms with van der Waals surface area (Å²) in [6.07, 6.45) is 7.32. The highest BCUT2D eigenvalue weighted by molar-refractivity contribution is 5.95. The van der Waals surface area contributed by atoms with E-state index in [0.717, 1.165) is 42.2 Å². The summed E-state index contributed by atoms with van der Waals surface area (Å²) in [6, 6.07) is 10.1. The number of carbonyl (C=O) groups excluding carboxylic acids is 1. The van der Waals surface area contributed by atoms with Crippen LogP contribution in [-0.2, 0) is 9.53 Å². The second-order valence-corrected chi connectivity index (χ2v) is 9.50. The predicted octanol–water partition coefficient (Wildman–Crippen LogP) is 3.10. The van der Waals surface area contributed by atoms with Crippen LogP contribution < -0.4 is 10.2 Å². The van der Waals surface area contributed by atoms with E-state index in [4.69, 9.17) is 9.72 Å². The fourth-order valence-corrected chi connectivity index (χ4v) is 4.63. The average molecular weight is 485 g/mol. The van der Waals surface area contributed by atoms with Crippen LogP contribution in [0.25, 0.3) is 16.8 Å². The first-order valence-corrected chi connectivity index (χ1v) is 12.2. The van der Waals surface area contributed by atoms with Crippen molar-refractivity contribution in [3.8, 4) is 11.3 Å². The standard InChI is InChI=1S/C26H28N8O2/c1-17(2)21-13-29-34-8-6-18(11-23(21)34)22-5-7-27-26(30-22)31-24-4-3-19(12-28-24)33-10-9-32(14-25(33)35)20-15-36-16-20/h3-8,11-13,17,20H,9-10,14-16H2,1-2H3,(H,27,28,30,31). The molecule has 10 nitrogen and oxygen atoms in total. The van der Waals surface area contributed by atoms with Gasteiger partial charge in [0.15, 0.2) is 0 Å². The molecule has 1 N–H and O–H groups in total. The molecule has 0 aromatic carbocycles. The highest BCUT2D eigenvalue weighted by atomic mass is 16.5. The van der Waals surface area contributed by atoms with E-state index in [2.05, 4.69) is 45.2 Å². The number of carbonyl (C=O) groups is 1. The van der Waals surface area contributed by atoms with Gasteiger partial charge in [0, 0.05) is 36.6 Å². The molecule has 4 aromatic heterocycles. The van der Waals surface area contributed by atoms with Crippen LogP contribution >= 0.6 is 0 Å². The van der Waals surface area contributed by atoms with Crippen molar-refractivity contribution < 1.29 is 9.53 Å². The Balaban J connectivity index is 1.16. The molecule has 0 atom stereocenters. The van der Waals surface area contributed by atoms with E-state index in [1.807, 2.05) is 41.2 Å². The highest BCUT2D eigenvalue weighted by Gasteiger charge is 2.33. The third kappa shape index (κ3) is 4.29. The zero-order valence-corrected chi connectivity index (χ0v) is 20.3. The highest BCUT2D eigenvalue weighted by Crippen LogP contribution is 2.26. The number of anilines is 3. The number of ether oxygens (including phenoxy) is 1. The van der Waals surface area contributed by atoms with Crippen LogP contribution in [0.5, 0.6) is 0 Å². The smallest absolute Gasteiger partial charge is 0.241 e. The molecule has 36 heavy (non-hydrogen) atoms. The lowest BCUT2D eigenvalue weighted by molar-refractivity contribution is -0.127. The van der Waals surface area contributed by atoms with Gasteiger partial charge in [0.05, 0.1) is 55.1 Å². The third-order valence-corrected chi connectivity index (χ3v) is 6.81. The van der Waals surface area contributed by atoms with E-state index in [9.17, 15) is 4.79 Å². The Hall–Kier alpha value is -3.89. The van der Waals surface area contributed by atoms with Gasteiger partial charge in [-0.1, -0.05) is 13.8 Å². The Kier molecular flexibility index (Phi) is 5.82. The van der Waals surface area contributed by atoms with E-state index < -0.39 is 0 Å². The fourth-order valence-electron chi connectivity index (χ4n) is 4.63. The number of pyridine rings is 2. The van der Waals surface area contributed by atoms with Gasteiger partial charge >= 0.3 is 0 Å². The van der Waals surface area contributed by atoms with Gasteiger partial charge < -0.3 is 15.0 Å². The normalized spacial score (nSPS) is 17.1. The van der Waals surface area contributed by atoms with Gasteiger partial charge in [0.25, 0.3) is 0 Å². The van der Waals surface area contributed by atoms with Crippen LogP contribution in [0.15, 0.2) is 55.1 Å². The number of aromatic nitrogens is 5. The SMILES string of the molecule is CC(C)c1cnn2ccc(-c3ccnc(Nc4ccc(N5CCN(C6COC6)CC5=O)cn4)n3)cc12. The van der Waals surface area contributed by atoms with Gasteiger partial charge in [-0.15, -0.1) is 0 Å². The first-order chi connectivity index (χ1) is 17.5. The summed E-state index contributed by atoms with van der Waals surface area (Å²) in [4.78, 5) is 30.2. The van der Waals surface area contributed by atoms with Crippen LogP contribution in [0.3, 0.4) is 0 Å². The lowest BCUT2D eigenvalue weighted by Crippen LogP contribution is -2.58. The maximum absolute atomic E-state index is 12.7. The number of nitrogens with one attached hydrogen (secondary N) is 1. The van der Waals surface area contributed by atoms with Crippen molar-refractivity contribution in [3.05, 3.63) is 60.7 Å². The maximum atomic E-state index is 12.7. The molecule has 6 heterocycles. The topological polar surface area (TPSA) is 101 Å². The minimum atomic E-state index is 0.0856. The number of piperazine rings is 1. The van der Waals surface area contributed by atoms with E-state index in [1.165, 1.54) is 5.56 Å². The summed E-state index contributed by atoms with van der Waals surface area (Å²) in [7, 11) is 0. The number of hydrogen-bond acceptors (Lipinski definition) is 8. The van der Waals surface area contributed by atoms with E-state index in [0.29, 0.717) is 36.8 Å². The molecule has 0 unspecified atom stereocenters. The van der Waals surface area contributed by atoms with Crippen molar-refractivity contribution >= 4 is 28.9 Å². The number of amides is 1. The molecule has 2 aliphatic rings. The molecule has 0 saturated carbocycles. The minimum absolute atomic E-state index is 0.0856. The fraction of sp³-hybridized carbons (Fsp3) is 0.346. The molecule has 2 aliphatic heterocycles. The van der Waals surface area contributed by atoms with Crippen molar-refractivity contribution in [2.45, 2.75) is 25.8 Å². The summed E-state index contributed by atoms with van der Waals surface area (Å²) < 4.78 is 7.14. The Labute approximate surface area is 208 Å². The van der Waals surface area contributed by atoms with Crippen molar-refractivity contribution in [1.82, 2.24) is 29.5 Å². The van der Waals surface area contributed by atoms with E-state index >= 15 is 0 Å². The Morgan fingerprint density at radius 2 is 1.97 bits per heavy atom. The number of nitrogens with zero attached hydrogens (tertiary/aromatic N) is 7. The van der Waals surface area contributed by atoms with Gasteiger partial charge in [0.1, 0.15) is 5.82 Å². The quantitative estimate of drug-likeness (QED) is 0.446. The molecule has 2 fully saturated rings. The first-order valence-electron chi connectivity index (χ1n) is 12.2. The van der Waals surface area contributed by atoms with Gasteiger partial charge in [-0.3, -0.25) is 9.69 Å². The summed E-state index contributed by atoms with van der Waals surface area (Å²) in [5.74, 6) is 1.54. The number of hydrogen-bond donors (Lipinski definition) is 1. The molecule has 1 amide bonds. The molecule has 184 valence electrons. The predicted molar refractivity (Wildman–Crippen MR) is 136 cm³/mol. The molecule has 2 saturated heterocycles. The molecule has 0 radical (unpaired) electrons. The second kappa shape index (κ2) is 9.29. The monoisotopic (exact) mass is 484 g/mol. The van der Waals surface area contributed by atoms with Crippen molar-refractivity contribution in [2.24, 2.45) is 0 Å². The lowest BCUT2D eigenvalue weighted by atomic mass is 10.0. The summed E-state index contributed by atoms with van der Waals surface area (Å²) in [6.45, 7) is 7.66. The Morgan fingerprint density at radius 1 is 1.08 bits per heavy atom. The van der Waals surface area contributed by atoms with Gasteiger partial charge in [0.2, 0.25) is 11.9 Å². The van der Waals surface area contributed by atoms with Gasteiger partial charge in [-0.05, 0) is 36.2 Å². The third-order valence-electron chi connectivity index (χ3n) is 6.81. The molecule has 0 bridgehead atoms. The summed E-state index contributed by atoms with van der Waals surface area (Å²) in [5.41, 5.74) is 4.86. The molecular weight excluding hydrogens is 456 g/mol. The average Bonchev–Trinajstić information content (AvgIpc) is 3.28. The molecule has 10 heteroatoms. The van der Waals surface area contributed by atoms with Crippen LogP contribution in [0.2, 0.25) is 0 Å². The largest absolute Gasteiger partial charge is 0.378 e. The zero-order valence-electron chi connectivity index (χ0n) is 20.3.